The molecule has 6 atom stereocenters. The Kier molecular flexibility index (Phi) is 7.47. The molecule has 2 aliphatic heterocycles. The number of allylic oxidation sites excluding steroid dienone is 3. The Bertz CT molecular complexity index is 1890. The second kappa shape index (κ2) is 11.2. The summed E-state index contributed by atoms with van der Waals surface area (Å²) in [6, 6.07) is 16.2. The third kappa shape index (κ3) is 4.34. The van der Waals surface area contributed by atoms with Crippen molar-refractivity contribution in [3.63, 3.8) is 0 Å². The Morgan fingerprint density at radius 2 is 1.72 bits per heavy atom. The summed E-state index contributed by atoms with van der Waals surface area (Å²) >= 11 is 8.24. The molecule has 0 bridgehead atoms. The monoisotopic (exact) mass is 750 g/mol. The number of amides is 4. The van der Waals surface area contributed by atoms with Gasteiger partial charge in [-0.2, -0.15) is 0 Å². The van der Waals surface area contributed by atoms with Crippen molar-refractivity contribution in [2.75, 3.05) is 9.80 Å². The number of para-hydroxylation sites is 1. The molecule has 3 aromatic carbocycles. The normalized spacial score (nSPS) is 28.6. The van der Waals surface area contributed by atoms with E-state index in [0.717, 1.165) is 20.1 Å². The van der Waals surface area contributed by atoms with Gasteiger partial charge in [-0.3, -0.25) is 24.1 Å². The lowest BCUT2D eigenvalue weighted by molar-refractivity contribution is -0.131. The second-order valence-electron chi connectivity index (χ2n) is 12.6. The number of rotatable bonds is 5. The molecule has 2 saturated heterocycles. The zero-order chi connectivity index (χ0) is 32.7. The quantitative estimate of drug-likeness (QED) is 0.173. The van der Waals surface area contributed by atoms with Crippen LogP contribution in [0, 0.1) is 38.5 Å². The fourth-order valence-electron chi connectivity index (χ4n) is 8.24. The summed E-state index contributed by atoms with van der Waals surface area (Å²) in [6.45, 7) is 5.53. The van der Waals surface area contributed by atoms with Crippen molar-refractivity contribution in [1.29, 1.82) is 0 Å². The number of fused-ring (bicyclic) bond motifs is 4. The SMILES string of the molecule is C=CCc1cccc([C@H]2C3=CC[C@@H]4C(=O)N(c5ccc(I)cc5)C(=O)[C@@H]4[C@@H]3C[C@H]3C(=O)N(c4ccc(F)c(Cl)c4)C(=O)[C@@]23C)c1O. The molecule has 234 valence electrons. The molecule has 3 aromatic rings. The van der Waals surface area contributed by atoms with E-state index in [9.17, 15) is 28.7 Å². The van der Waals surface area contributed by atoms with Gasteiger partial charge in [-0.25, -0.2) is 9.29 Å². The van der Waals surface area contributed by atoms with Crippen LogP contribution in [0.25, 0.3) is 0 Å². The summed E-state index contributed by atoms with van der Waals surface area (Å²) in [7, 11) is 0. The second-order valence-corrected chi connectivity index (χ2v) is 14.2. The maximum atomic E-state index is 14.6. The van der Waals surface area contributed by atoms with Crippen LogP contribution in [0.4, 0.5) is 15.8 Å². The Labute approximate surface area is 283 Å². The van der Waals surface area contributed by atoms with Gasteiger partial charge in [0.1, 0.15) is 11.6 Å². The third-order valence-corrected chi connectivity index (χ3v) is 11.4. The van der Waals surface area contributed by atoms with Crippen LogP contribution in [0.15, 0.2) is 85.0 Å². The van der Waals surface area contributed by atoms with Gasteiger partial charge in [0.05, 0.1) is 39.6 Å². The van der Waals surface area contributed by atoms with Gasteiger partial charge in [-0.1, -0.05) is 47.5 Å². The predicted octanol–water partition coefficient (Wildman–Crippen LogP) is 6.95. The van der Waals surface area contributed by atoms with Crippen LogP contribution in [0.1, 0.15) is 36.8 Å². The first kappa shape index (κ1) is 30.8. The van der Waals surface area contributed by atoms with Crippen molar-refractivity contribution >= 4 is 69.2 Å². The van der Waals surface area contributed by atoms with E-state index < -0.39 is 52.6 Å². The maximum absolute atomic E-state index is 14.6. The molecule has 1 N–H and O–H groups in total. The minimum Gasteiger partial charge on any atom is -0.507 e. The van der Waals surface area contributed by atoms with E-state index in [1.54, 1.807) is 43.3 Å². The molecular weight excluding hydrogens is 722 g/mol. The van der Waals surface area contributed by atoms with Crippen molar-refractivity contribution in [3.8, 4) is 5.75 Å². The number of aromatic hydroxyl groups is 1. The first-order valence-electron chi connectivity index (χ1n) is 15.1. The zero-order valence-electron chi connectivity index (χ0n) is 24.8. The van der Waals surface area contributed by atoms with Crippen LogP contribution >= 0.6 is 34.2 Å². The van der Waals surface area contributed by atoms with E-state index in [2.05, 4.69) is 29.2 Å². The minimum absolute atomic E-state index is 0.00564. The van der Waals surface area contributed by atoms with E-state index in [1.807, 2.05) is 18.2 Å². The van der Waals surface area contributed by atoms with Crippen LogP contribution in [0.5, 0.6) is 5.75 Å². The Morgan fingerprint density at radius 1 is 1.00 bits per heavy atom. The van der Waals surface area contributed by atoms with Gasteiger partial charge in [0.25, 0.3) is 0 Å². The van der Waals surface area contributed by atoms with Gasteiger partial charge < -0.3 is 5.11 Å². The van der Waals surface area contributed by atoms with Crippen molar-refractivity contribution < 1.29 is 28.7 Å². The highest BCUT2D eigenvalue weighted by molar-refractivity contribution is 14.1. The summed E-state index contributed by atoms with van der Waals surface area (Å²) in [5.74, 6) is -5.88. The molecule has 0 unspecified atom stereocenters. The number of phenols is 1. The molecule has 10 heteroatoms. The van der Waals surface area contributed by atoms with Gasteiger partial charge in [0.15, 0.2) is 0 Å². The van der Waals surface area contributed by atoms with E-state index >= 15 is 0 Å². The number of nitrogens with zero attached hydrogens (tertiary/aromatic N) is 2. The van der Waals surface area contributed by atoms with Gasteiger partial charge in [-0.05, 0) is 103 Å². The molecule has 3 fully saturated rings. The van der Waals surface area contributed by atoms with E-state index in [4.69, 9.17) is 11.6 Å². The summed E-state index contributed by atoms with van der Waals surface area (Å²) < 4.78 is 15.1. The molecule has 7 rings (SSSR count). The molecule has 0 spiro atoms. The molecule has 0 radical (unpaired) electrons. The molecule has 46 heavy (non-hydrogen) atoms. The van der Waals surface area contributed by atoms with Crippen molar-refractivity contribution in [2.24, 2.45) is 29.1 Å². The number of carbonyl (C=O) groups is 4. The molecule has 4 aliphatic rings. The molecular formula is C36H29ClFIN2O5. The smallest absolute Gasteiger partial charge is 0.241 e. The number of phenolic OH excluding ortho intramolecular Hbond substituents is 1. The molecule has 1 saturated carbocycles. The van der Waals surface area contributed by atoms with Crippen LogP contribution < -0.4 is 9.80 Å². The van der Waals surface area contributed by atoms with Crippen LogP contribution in [0.3, 0.4) is 0 Å². The lowest BCUT2D eigenvalue weighted by atomic mass is 9.51. The molecule has 0 aromatic heterocycles. The Hall–Kier alpha value is -3.83. The number of benzene rings is 3. The number of hydrogen-bond acceptors (Lipinski definition) is 5. The molecule has 7 nitrogen and oxygen atoms in total. The van der Waals surface area contributed by atoms with Gasteiger partial charge in [0, 0.05) is 15.1 Å². The van der Waals surface area contributed by atoms with Gasteiger partial charge in [0.2, 0.25) is 23.6 Å². The van der Waals surface area contributed by atoms with E-state index in [-0.39, 0.29) is 41.1 Å². The lowest BCUT2D eigenvalue weighted by Gasteiger charge is -2.49. The topological polar surface area (TPSA) is 95.0 Å². The number of imide groups is 2. The highest BCUT2D eigenvalue weighted by Crippen LogP contribution is 2.64. The summed E-state index contributed by atoms with van der Waals surface area (Å²) in [6.07, 6.45) is 4.43. The molecule has 2 aliphatic carbocycles. The first-order chi connectivity index (χ1) is 22.0. The number of hydrogen-bond donors (Lipinski definition) is 1. The average molecular weight is 751 g/mol. The van der Waals surface area contributed by atoms with Crippen molar-refractivity contribution in [3.05, 3.63) is 111 Å². The lowest BCUT2D eigenvalue weighted by Crippen LogP contribution is -2.49. The number of anilines is 2. The standard InChI is InChI=1S/C36H29ClFIN2O5/c1-3-5-18-6-4-7-24(31(18)42)30-22-13-14-23-29(34(45)40(32(23)43)20-10-8-19(39)9-11-20)25(22)17-26-33(44)41(35(46)36(26,30)2)21-12-15-28(38)27(37)16-21/h3-4,6-13,15-16,23,25-26,29-30,42H,1,5,14,17H2,2H3/t23-,25+,26-,29-,30+,36+/m0/s1. The first-order valence-corrected chi connectivity index (χ1v) is 16.5. The zero-order valence-corrected chi connectivity index (χ0v) is 27.7. The molecule has 4 amide bonds. The van der Waals surface area contributed by atoms with E-state index in [1.165, 1.54) is 17.0 Å². The predicted molar refractivity (Wildman–Crippen MR) is 180 cm³/mol. The fourth-order valence-corrected chi connectivity index (χ4v) is 8.77. The van der Waals surface area contributed by atoms with Gasteiger partial charge >= 0.3 is 0 Å². The van der Waals surface area contributed by atoms with Crippen LogP contribution in [-0.4, -0.2) is 28.7 Å². The van der Waals surface area contributed by atoms with Gasteiger partial charge in [-0.15, -0.1) is 6.58 Å². The van der Waals surface area contributed by atoms with Crippen LogP contribution in [-0.2, 0) is 25.6 Å². The average Bonchev–Trinajstić information content (AvgIpc) is 3.40. The third-order valence-electron chi connectivity index (χ3n) is 10.3. The summed E-state index contributed by atoms with van der Waals surface area (Å²) in [5, 5.41) is 11.4. The van der Waals surface area contributed by atoms with Crippen LogP contribution in [0.2, 0.25) is 5.02 Å². The summed E-state index contributed by atoms with van der Waals surface area (Å²) in [5.41, 5.74) is 1.11. The highest BCUT2D eigenvalue weighted by atomic mass is 127. The molecule has 2 heterocycles. The Balaban J connectivity index is 1.39. The van der Waals surface area contributed by atoms with E-state index in [0.29, 0.717) is 23.2 Å². The maximum Gasteiger partial charge on any atom is 0.241 e. The minimum atomic E-state index is -1.36. The fraction of sp³-hybridized carbons (Fsp3) is 0.278. The number of halogens is 3. The Morgan fingerprint density at radius 3 is 2.41 bits per heavy atom. The van der Waals surface area contributed by atoms with Crippen molar-refractivity contribution in [1.82, 2.24) is 0 Å². The van der Waals surface area contributed by atoms with Crippen molar-refractivity contribution in [2.45, 2.75) is 32.1 Å². The number of carbonyl (C=O) groups excluding carboxylic acids is 4. The highest BCUT2D eigenvalue weighted by Gasteiger charge is 2.68. The largest absolute Gasteiger partial charge is 0.507 e. The summed E-state index contributed by atoms with van der Waals surface area (Å²) in [4.78, 5) is 59.2.